The first kappa shape index (κ1) is 25.5. The van der Waals surface area contributed by atoms with E-state index in [2.05, 4.69) is 25.9 Å². The molecule has 0 aliphatic heterocycles. The monoisotopic (exact) mass is 529 g/mol. The van der Waals surface area contributed by atoms with Crippen LogP contribution >= 0.6 is 23.2 Å². The lowest BCUT2D eigenvalue weighted by molar-refractivity contribution is -0.139. The third kappa shape index (κ3) is 6.35. The number of nitrogens with zero attached hydrogens (tertiary/aromatic N) is 1. The SMILES string of the molecule is O=C(N[C@@H](Cc1ccc(NC(=O)[C@H]2CC[C@H](Nc3ncc[nH]3)C2)cc1)C(=O)O)c1c(Cl)cccc1Cl. The van der Waals surface area contributed by atoms with Crippen molar-refractivity contribution in [2.45, 2.75) is 37.8 Å². The first-order chi connectivity index (χ1) is 17.3. The number of carboxylic acid groups (broad SMARTS) is 1. The first-order valence-corrected chi connectivity index (χ1v) is 12.2. The molecule has 4 rings (SSSR count). The number of nitrogens with one attached hydrogen (secondary N) is 4. The predicted octanol–water partition coefficient (Wildman–Crippen LogP) is 4.36. The fraction of sp³-hybridized carbons (Fsp3) is 0.280. The summed E-state index contributed by atoms with van der Waals surface area (Å²) < 4.78 is 0. The van der Waals surface area contributed by atoms with E-state index in [0.717, 1.165) is 12.8 Å². The molecule has 1 aromatic heterocycles. The van der Waals surface area contributed by atoms with Gasteiger partial charge in [0, 0.05) is 36.5 Å². The number of H-pyrrole nitrogens is 1. The lowest BCUT2D eigenvalue weighted by Gasteiger charge is -2.16. The zero-order valence-corrected chi connectivity index (χ0v) is 20.6. The van der Waals surface area contributed by atoms with Crippen molar-refractivity contribution in [1.82, 2.24) is 15.3 Å². The molecule has 0 spiro atoms. The molecule has 1 heterocycles. The lowest BCUT2D eigenvalue weighted by Crippen LogP contribution is -2.42. The zero-order chi connectivity index (χ0) is 25.7. The number of aromatic nitrogens is 2. The van der Waals surface area contributed by atoms with Gasteiger partial charge >= 0.3 is 5.97 Å². The van der Waals surface area contributed by atoms with Gasteiger partial charge in [-0.05, 0) is 49.1 Å². The molecular formula is C25H25Cl2N5O4. The van der Waals surface area contributed by atoms with Crippen molar-refractivity contribution in [3.63, 3.8) is 0 Å². The highest BCUT2D eigenvalue weighted by atomic mass is 35.5. The summed E-state index contributed by atoms with van der Waals surface area (Å²) in [6, 6.07) is 10.5. The summed E-state index contributed by atoms with van der Waals surface area (Å²) in [5.41, 5.74) is 1.32. The van der Waals surface area contributed by atoms with E-state index in [9.17, 15) is 19.5 Å². The van der Waals surface area contributed by atoms with Crippen LogP contribution in [0, 0.1) is 5.92 Å². The number of halogens is 2. The van der Waals surface area contributed by atoms with Gasteiger partial charge in [-0.25, -0.2) is 9.78 Å². The van der Waals surface area contributed by atoms with Crippen LogP contribution in [0.4, 0.5) is 11.6 Å². The van der Waals surface area contributed by atoms with Gasteiger partial charge in [0.2, 0.25) is 5.91 Å². The quantitative estimate of drug-likeness (QED) is 0.279. The van der Waals surface area contributed by atoms with Crippen molar-refractivity contribution in [3.05, 3.63) is 76.0 Å². The minimum Gasteiger partial charge on any atom is -0.480 e. The van der Waals surface area contributed by atoms with Crippen molar-refractivity contribution in [3.8, 4) is 0 Å². The third-order valence-corrected chi connectivity index (χ3v) is 6.73. The number of anilines is 2. The molecule has 1 saturated carbocycles. The van der Waals surface area contributed by atoms with Gasteiger partial charge in [0.15, 0.2) is 5.95 Å². The number of benzene rings is 2. The Morgan fingerprint density at radius 2 is 1.81 bits per heavy atom. The van der Waals surface area contributed by atoms with Crippen LogP contribution in [-0.2, 0) is 16.0 Å². The Bertz CT molecular complexity index is 1210. The standard InChI is InChI=1S/C25H25Cl2N5O4/c26-18-2-1-3-19(27)21(18)23(34)32-20(24(35)36)12-14-4-7-16(8-5-14)30-22(33)15-6-9-17(13-15)31-25-28-10-11-29-25/h1-5,7-8,10-11,15,17,20H,6,9,12-13H2,(H,30,33)(H,32,34)(H,35,36)(H2,28,29,31)/t15-,17-,20-/m0/s1. The highest BCUT2D eigenvalue weighted by Gasteiger charge is 2.30. The molecule has 11 heteroatoms. The average Bonchev–Trinajstić information content (AvgIpc) is 3.52. The van der Waals surface area contributed by atoms with E-state index in [-0.39, 0.29) is 39.9 Å². The predicted molar refractivity (Wildman–Crippen MR) is 137 cm³/mol. The summed E-state index contributed by atoms with van der Waals surface area (Å²) in [6.07, 6.45) is 5.82. The third-order valence-electron chi connectivity index (χ3n) is 6.10. The molecule has 9 nitrogen and oxygen atoms in total. The number of carbonyl (C=O) groups excluding carboxylic acids is 2. The molecule has 0 unspecified atom stereocenters. The van der Waals surface area contributed by atoms with Crippen LogP contribution in [-0.4, -0.2) is 44.9 Å². The largest absolute Gasteiger partial charge is 0.480 e. The molecule has 2 amide bonds. The van der Waals surface area contributed by atoms with E-state index in [4.69, 9.17) is 23.2 Å². The summed E-state index contributed by atoms with van der Waals surface area (Å²) in [6.45, 7) is 0. The second-order valence-electron chi connectivity index (χ2n) is 8.64. The number of rotatable bonds is 9. The van der Waals surface area contributed by atoms with Gasteiger partial charge < -0.3 is 26.0 Å². The van der Waals surface area contributed by atoms with E-state index in [1.807, 2.05) is 0 Å². The topological polar surface area (TPSA) is 136 Å². The fourth-order valence-electron chi connectivity index (χ4n) is 4.24. The number of aliphatic carboxylic acids is 1. The fourth-order valence-corrected chi connectivity index (χ4v) is 4.81. The van der Waals surface area contributed by atoms with Gasteiger partial charge in [-0.2, -0.15) is 0 Å². The van der Waals surface area contributed by atoms with Crippen LogP contribution in [0.1, 0.15) is 35.2 Å². The second kappa shape index (κ2) is 11.5. The molecular weight excluding hydrogens is 505 g/mol. The highest BCUT2D eigenvalue weighted by molar-refractivity contribution is 6.39. The van der Waals surface area contributed by atoms with Crippen molar-refractivity contribution < 1.29 is 19.5 Å². The molecule has 0 radical (unpaired) electrons. The maximum Gasteiger partial charge on any atom is 0.326 e. The molecule has 188 valence electrons. The molecule has 0 saturated heterocycles. The van der Waals surface area contributed by atoms with Crippen LogP contribution < -0.4 is 16.0 Å². The highest BCUT2D eigenvalue weighted by Crippen LogP contribution is 2.29. The van der Waals surface area contributed by atoms with Gasteiger partial charge in [-0.15, -0.1) is 0 Å². The van der Waals surface area contributed by atoms with Crippen LogP contribution in [0.15, 0.2) is 54.9 Å². The molecule has 1 fully saturated rings. The number of imidazole rings is 1. The molecule has 2 aromatic carbocycles. The van der Waals surface area contributed by atoms with Gasteiger partial charge in [0.05, 0.1) is 15.6 Å². The number of carboxylic acids is 1. The Kier molecular flexibility index (Phi) is 8.12. The minimum atomic E-state index is -1.19. The first-order valence-electron chi connectivity index (χ1n) is 11.4. The van der Waals surface area contributed by atoms with E-state index < -0.39 is 17.9 Å². The van der Waals surface area contributed by atoms with Crippen LogP contribution in [0.5, 0.6) is 0 Å². The second-order valence-corrected chi connectivity index (χ2v) is 9.45. The van der Waals surface area contributed by atoms with E-state index in [1.54, 1.807) is 42.7 Å². The molecule has 0 bridgehead atoms. The Labute approximate surface area is 217 Å². The number of hydrogen-bond donors (Lipinski definition) is 5. The molecule has 5 N–H and O–H groups in total. The molecule has 3 aromatic rings. The lowest BCUT2D eigenvalue weighted by atomic mass is 10.0. The van der Waals surface area contributed by atoms with Crippen LogP contribution in [0.2, 0.25) is 10.0 Å². The van der Waals surface area contributed by atoms with Crippen molar-refractivity contribution in [1.29, 1.82) is 0 Å². The van der Waals surface area contributed by atoms with Gasteiger partial charge in [0.25, 0.3) is 5.91 Å². The summed E-state index contributed by atoms with van der Waals surface area (Å²) >= 11 is 12.1. The Morgan fingerprint density at radius 1 is 1.08 bits per heavy atom. The van der Waals surface area contributed by atoms with Crippen LogP contribution in [0.3, 0.4) is 0 Å². The maximum absolute atomic E-state index is 12.7. The van der Waals surface area contributed by atoms with Crippen molar-refractivity contribution >= 4 is 52.6 Å². The summed E-state index contributed by atoms with van der Waals surface area (Å²) in [4.78, 5) is 44.3. The van der Waals surface area contributed by atoms with Crippen molar-refractivity contribution in [2.75, 3.05) is 10.6 Å². The number of amides is 2. The summed E-state index contributed by atoms with van der Waals surface area (Å²) in [7, 11) is 0. The molecule has 36 heavy (non-hydrogen) atoms. The molecule has 1 aliphatic rings. The summed E-state index contributed by atoms with van der Waals surface area (Å²) in [5.74, 6) is -1.33. The number of aromatic amines is 1. The summed E-state index contributed by atoms with van der Waals surface area (Å²) in [5, 5.41) is 18.6. The van der Waals surface area contributed by atoms with Gasteiger partial charge in [-0.1, -0.05) is 41.4 Å². The average molecular weight is 530 g/mol. The Balaban J connectivity index is 1.32. The minimum absolute atomic E-state index is 0.0265. The Morgan fingerprint density at radius 3 is 2.44 bits per heavy atom. The van der Waals surface area contributed by atoms with E-state index in [0.29, 0.717) is 23.6 Å². The Hall–Kier alpha value is -3.56. The van der Waals surface area contributed by atoms with Gasteiger partial charge in [-0.3, -0.25) is 9.59 Å². The number of hydrogen-bond acceptors (Lipinski definition) is 5. The van der Waals surface area contributed by atoms with E-state index in [1.165, 1.54) is 12.1 Å². The van der Waals surface area contributed by atoms with Gasteiger partial charge in [0.1, 0.15) is 6.04 Å². The maximum atomic E-state index is 12.7. The van der Waals surface area contributed by atoms with E-state index >= 15 is 0 Å². The number of carbonyl (C=O) groups is 3. The molecule has 3 atom stereocenters. The van der Waals surface area contributed by atoms with Crippen LogP contribution in [0.25, 0.3) is 0 Å². The molecule has 1 aliphatic carbocycles. The normalized spacial score (nSPS) is 17.8. The smallest absolute Gasteiger partial charge is 0.326 e. The van der Waals surface area contributed by atoms with Crippen molar-refractivity contribution in [2.24, 2.45) is 5.92 Å². The zero-order valence-electron chi connectivity index (χ0n) is 19.1.